The van der Waals surface area contributed by atoms with Gasteiger partial charge in [0.2, 0.25) is 0 Å². The monoisotopic (exact) mass is 365 g/mol. The number of rotatable bonds is 6. The van der Waals surface area contributed by atoms with Crippen LogP contribution in [0.15, 0.2) is 109 Å². The molecule has 28 heavy (non-hydrogen) atoms. The third-order valence-electron chi connectivity index (χ3n) is 4.84. The Kier molecular flexibility index (Phi) is 5.51. The van der Waals surface area contributed by atoms with Crippen LogP contribution in [0.5, 0.6) is 0 Å². The first-order valence-corrected chi connectivity index (χ1v) is 9.55. The highest BCUT2D eigenvalue weighted by atomic mass is 16.2. The minimum atomic E-state index is 0.183. The number of nitrogens with zero attached hydrogens (tertiary/aromatic N) is 1. The lowest BCUT2D eigenvalue weighted by Gasteiger charge is -2.25. The molecule has 0 spiro atoms. The van der Waals surface area contributed by atoms with Crippen molar-refractivity contribution in [3.05, 3.63) is 115 Å². The van der Waals surface area contributed by atoms with E-state index in [9.17, 15) is 0 Å². The molecule has 4 rings (SSSR count). The van der Waals surface area contributed by atoms with E-state index in [4.69, 9.17) is 5.11 Å². The molecule has 0 aliphatic carbocycles. The van der Waals surface area contributed by atoms with Gasteiger partial charge in [0.1, 0.15) is 0 Å². The van der Waals surface area contributed by atoms with E-state index < -0.39 is 0 Å². The second-order valence-corrected chi connectivity index (χ2v) is 6.72. The molecule has 0 bridgehead atoms. The van der Waals surface area contributed by atoms with E-state index in [1.165, 1.54) is 11.1 Å². The van der Waals surface area contributed by atoms with Gasteiger partial charge in [0, 0.05) is 23.7 Å². The van der Waals surface area contributed by atoms with Crippen LogP contribution in [0.3, 0.4) is 0 Å². The first kappa shape index (κ1) is 18.0. The molecule has 4 aromatic rings. The quantitative estimate of drug-likeness (QED) is 0.430. The lowest BCUT2D eigenvalue weighted by atomic mass is 10.0. The Bertz CT molecular complexity index is 954. The van der Waals surface area contributed by atoms with Gasteiger partial charge in [-0.1, -0.05) is 72.8 Å². The van der Waals surface area contributed by atoms with Gasteiger partial charge in [-0.15, -0.1) is 0 Å². The molecule has 0 aromatic heterocycles. The van der Waals surface area contributed by atoms with Crippen LogP contribution in [-0.2, 0) is 6.42 Å². The molecule has 1 N–H and O–H groups in total. The molecule has 0 aliphatic heterocycles. The van der Waals surface area contributed by atoms with E-state index in [0.717, 1.165) is 22.6 Å². The second kappa shape index (κ2) is 8.55. The predicted molar refractivity (Wildman–Crippen MR) is 117 cm³/mol. The van der Waals surface area contributed by atoms with Crippen LogP contribution < -0.4 is 4.90 Å². The summed E-state index contributed by atoms with van der Waals surface area (Å²) in [6.07, 6.45) is 0.697. The van der Waals surface area contributed by atoms with E-state index in [1.54, 1.807) is 0 Å². The molecule has 138 valence electrons. The molecule has 0 saturated carbocycles. The summed E-state index contributed by atoms with van der Waals surface area (Å²) in [6.45, 7) is 0.183. The standard InChI is InChI=1S/C26H23NO/c28-20-19-21-11-13-22(14-12-21)23-15-17-26(18-16-23)27(24-7-3-1-4-8-24)25-9-5-2-6-10-25/h1-18,28H,19-20H2. The fourth-order valence-electron chi connectivity index (χ4n) is 3.40. The van der Waals surface area contributed by atoms with Gasteiger partial charge in [-0.3, -0.25) is 0 Å². The summed E-state index contributed by atoms with van der Waals surface area (Å²) >= 11 is 0. The van der Waals surface area contributed by atoms with Crippen LogP contribution in [0.4, 0.5) is 17.1 Å². The fourth-order valence-corrected chi connectivity index (χ4v) is 3.40. The Labute approximate surface area is 166 Å². The fraction of sp³-hybridized carbons (Fsp3) is 0.0769. The van der Waals surface area contributed by atoms with Crippen molar-refractivity contribution in [2.75, 3.05) is 11.5 Å². The van der Waals surface area contributed by atoms with Crippen molar-refractivity contribution in [1.29, 1.82) is 0 Å². The second-order valence-electron chi connectivity index (χ2n) is 6.72. The van der Waals surface area contributed by atoms with Crippen LogP contribution in [0.2, 0.25) is 0 Å². The first-order valence-electron chi connectivity index (χ1n) is 9.55. The Morgan fingerprint density at radius 2 is 0.929 bits per heavy atom. The van der Waals surface area contributed by atoms with Crippen molar-refractivity contribution in [2.24, 2.45) is 0 Å². The predicted octanol–water partition coefficient (Wildman–Crippen LogP) is 6.36. The summed E-state index contributed by atoms with van der Waals surface area (Å²) in [5.74, 6) is 0. The lowest BCUT2D eigenvalue weighted by Crippen LogP contribution is -2.09. The van der Waals surface area contributed by atoms with Crippen LogP contribution in [0.1, 0.15) is 5.56 Å². The van der Waals surface area contributed by atoms with Gasteiger partial charge in [0.05, 0.1) is 0 Å². The summed E-state index contributed by atoms with van der Waals surface area (Å²) in [5, 5.41) is 9.07. The highest BCUT2D eigenvalue weighted by molar-refractivity contribution is 5.78. The van der Waals surface area contributed by atoms with Gasteiger partial charge >= 0.3 is 0 Å². The molecule has 0 unspecified atom stereocenters. The maximum Gasteiger partial charge on any atom is 0.0471 e. The van der Waals surface area contributed by atoms with E-state index in [0.29, 0.717) is 6.42 Å². The minimum absolute atomic E-state index is 0.183. The normalized spacial score (nSPS) is 10.6. The average molecular weight is 365 g/mol. The van der Waals surface area contributed by atoms with Crippen LogP contribution in [-0.4, -0.2) is 11.7 Å². The first-order chi connectivity index (χ1) is 13.8. The molecule has 4 aromatic carbocycles. The van der Waals surface area contributed by atoms with E-state index in [-0.39, 0.29) is 6.61 Å². The number of aliphatic hydroxyl groups excluding tert-OH is 1. The summed E-state index contributed by atoms with van der Waals surface area (Å²) in [5.41, 5.74) is 6.91. The van der Waals surface area contributed by atoms with Gasteiger partial charge in [-0.25, -0.2) is 0 Å². The highest BCUT2D eigenvalue weighted by Crippen LogP contribution is 2.35. The van der Waals surface area contributed by atoms with Crippen molar-refractivity contribution in [1.82, 2.24) is 0 Å². The number of para-hydroxylation sites is 2. The van der Waals surface area contributed by atoms with E-state index >= 15 is 0 Å². The van der Waals surface area contributed by atoms with Crippen LogP contribution in [0, 0.1) is 0 Å². The van der Waals surface area contributed by atoms with Gasteiger partial charge in [-0.05, 0) is 59.5 Å². The highest BCUT2D eigenvalue weighted by Gasteiger charge is 2.11. The Hall–Kier alpha value is -3.36. The lowest BCUT2D eigenvalue weighted by molar-refractivity contribution is 0.299. The molecule has 0 fully saturated rings. The molecule has 0 saturated heterocycles. The molecule has 0 amide bonds. The molecule has 0 heterocycles. The largest absolute Gasteiger partial charge is 0.396 e. The summed E-state index contributed by atoms with van der Waals surface area (Å²) < 4.78 is 0. The smallest absolute Gasteiger partial charge is 0.0471 e. The van der Waals surface area contributed by atoms with Crippen LogP contribution >= 0.6 is 0 Å². The zero-order valence-electron chi connectivity index (χ0n) is 15.7. The molecule has 2 heteroatoms. The SMILES string of the molecule is OCCc1ccc(-c2ccc(N(c3ccccc3)c3ccccc3)cc2)cc1. The average Bonchev–Trinajstić information content (AvgIpc) is 2.77. The molecule has 0 aliphatic rings. The van der Waals surface area contributed by atoms with Gasteiger partial charge in [0.25, 0.3) is 0 Å². The van der Waals surface area contributed by atoms with Gasteiger partial charge in [0.15, 0.2) is 0 Å². The molecular formula is C26H23NO. The van der Waals surface area contributed by atoms with Gasteiger partial charge in [-0.2, -0.15) is 0 Å². The van der Waals surface area contributed by atoms with Gasteiger partial charge < -0.3 is 10.0 Å². The Morgan fingerprint density at radius 3 is 1.39 bits per heavy atom. The number of hydrogen-bond donors (Lipinski definition) is 1. The third-order valence-corrected chi connectivity index (χ3v) is 4.84. The molecular weight excluding hydrogens is 342 g/mol. The summed E-state index contributed by atoms with van der Waals surface area (Å²) in [4.78, 5) is 2.26. The summed E-state index contributed by atoms with van der Waals surface area (Å²) in [6, 6.07) is 37.9. The number of benzene rings is 4. The van der Waals surface area contributed by atoms with Crippen molar-refractivity contribution in [3.8, 4) is 11.1 Å². The van der Waals surface area contributed by atoms with E-state index in [1.807, 2.05) is 12.1 Å². The Morgan fingerprint density at radius 1 is 0.500 bits per heavy atom. The number of aliphatic hydroxyl groups is 1. The number of anilines is 3. The molecule has 0 atom stereocenters. The Balaban J connectivity index is 1.67. The maximum absolute atomic E-state index is 9.07. The zero-order chi connectivity index (χ0) is 19.2. The van der Waals surface area contributed by atoms with Crippen molar-refractivity contribution in [2.45, 2.75) is 6.42 Å². The van der Waals surface area contributed by atoms with Crippen molar-refractivity contribution < 1.29 is 5.11 Å². The molecule has 2 nitrogen and oxygen atoms in total. The number of hydrogen-bond acceptors (Lipinski definition) is 2. The maximum atomic E-state index is 9.07. The van der Waals surface area contributed by atoms with Crippen molar-refractivity contribution in [3.63, 3.8) is 0 Å². The summed E-state index contributed by atoms with van der Waals surface area (Å²) in [7, 11) is 0. The van der Waals surface area contributed by atoms with Crippen LogP contribution in [0.25, 0.3) is 11.1 Å². The zero-order valence-corrected chi connectivity index (χ0v) is 15.7. The van der Waals surface area contributed by atoms with Crippen molar-refractivity contribution >= 4 is 17.1 Å². The molecule has 0 radical (unpaired) electrons. The minimum Gasteiger partial charge on any atom is -0.396 e. The topological polar surface area (TPSA) is 23.5 Å². The van der Waals surface area contributed by atoms with E-state index in [2.05, 4.69) is 102 Å². The third kappa shape index (κ3) is 3.98.